The molecule has 1 saturated carbocycles. The van der Waals surface area contributed by atoms with Crippen molar-refractivity contribution in [3.05, 3.63) is 34.9 Å². The Morgan fingerprint density at radius 3 is 2.65 bits per heavy atom. The van der Waals surface area contributed by atoms with Gasteiger partial charge < -0.3 is 4.74 Å². The van der Waals surface area contributed by atoms with Gasteiger partial charge in [0.25, 0.3) is 0 Å². The van der Waals surface area contributed by atoms with Crippen LogP contribution in [-0.4, -0.2) is 12.7 Å². The van der Waals surface area contributed by atoms with Crippen LogP contribution in [0, 0.1) is 24.5 Å². The molecule has 1 fully saturated rings. The third kappa shape index (κ3) is 3.16. The molecule has 112 valence electrons. The zero-order valence-corrected chi connectivity index (χ0v) is 12.0. The van der Waals surface area contributed by atoms with Gasteiger partial charge in [-0.1, -0.05) is 12.1 Å². The van der Waals surface area contributed by atoms with Gasteiger partial charge in [0.2, 0.25) is 0 Å². The van der Waals surface area contributed by atoms with Crippen LogP contribution in [0.3, 0.4) is 0 Å². The lowest BCUT2D eigenvalue weighted by molar-refractivity contribution is -0.0292. The normalized spacial score (nSPS) is 23.4. The highest BCUT2D eigenvalue weighted by atomic mass is 19.2. The Balaban J connectivity index is 2.01. The summed E-state index contributed by atoms with van der Waals surface area (Å²) in [5.41, 5.74) is 3.21. The maximum atomic E-state index is 14.0. The number of hydrogen-bond acceptors (Lipinski definition) is 3. The van der Waals surface area contributed by atoms with Crippen molar-refractivity contribution in [3.8, 4) is 0 Å². The number of rotatable bonds is 6. The molecule has 0 spiro atoms. The summed E-state index contributed by atoms with van der Waals surface area (Å²) in [4.78, 5) is 0. The second-order valence-electron chi connectivity index (χ2n) is 5.47. The fourth-order valence-electron chi connectivity index (χ4n) is 2.79. The van der Waals surface area contributed by atoms with E-state index in [1.807, 2.05) is 6.92 Å². The van der Waals surface area contributed by atoms with Crippen molar-refractivity contribution in [1.29, 1.82) is 0 Å². The lowest BCUT2D eigenvalue weighted by Gasteiger charge is -2.37. The Morgan fingerprint density at radius 2 is 2.05 bits per heavy atom. The van der Waals surface area contributed by atoms with Crippen molar-refractivity contribution in [3.63, 3.8) is 0 Å². The number of benzene rings is 1. The molecule has 3 N–H and O–H groups in total. The molecule has 5 heteroatoms. The molecule has 0 bridgehead atoms. The molecule has 20 heavy (non-hydrogen) atoms. The monoisotopic (exact) mass is 284 g/mol. The fraction of sp³-hybridized carbons (Fsp3) is 0.600. The summed E-state index contributed by atoms with van der Waals surface area (Å²) < 4.78 is 33.1. The molecule has 3 nitrogen and oxygen atoms in total. The van der Waals surface area contributed by atoms with E-state index in [1.54, 1.807) is 19.1 Å². The average molecular weight is 284 g/mol. The summed E-state index contributed by atoms with van der Waals surface area (Å²) in [5, 5.41) is 0. The highest BCUT2D eigenvalue weighted by Gasteiger charge is 2.32. The lowest BCUT2D eigenvalue weighted by atomic mass is 9.77. The minimum absolute atomic E-state index is 0.301. The molecule has 0 aliphatic heterocycles. The van der Waals surface area contributed by atoms with Gasteiger partial charge in [-0.2, -0.15) is 0 Å². The second-order valence-corrected chi connectivity index (χ2v) is 5.47. The molecule has 1 aromatic rings. The first-order valence-electron chi connectivity index (χ1n) is 7.09. The molecule has 0 saturated heterocycles. The van der Waals surface area contributed by atoms with Crippen molar-refractivity contribution in [2.45, 2.75) is 45.3 Å². The first-order valence-corrected chi connectivity index (χ1v) is 7.09. The second kappa shape index (κ2) is 6.61. The van der Waals surface area contributed by atoms with Crippen LogP contribution < -0.4 is 11.3 Å². The van der Waals surface area contributed by atoms with Gasteiger partial charge in [0.05, 0.1) is 6.10 Å². The number of hydrogen-bond donors (Lipinski definition) is 2. The highest BCUT2D eigenvalue weighted by Crippen LogP contribution is 2.37. The molecule has 2 rings (SSSR count). The summed E-state index contributed by atoms with van der Waals surface area (Å²) in [6, 6.07) is 2.83. The molecule has 0 aromatic heterocycles. The Labute approximate surface area is 118 Å². The van der Waals surface area contributed by atoms with Crippen LogP contribution in [0.4, 0.5) is 8.78 Å². The van der Waals surface area contributed by atoms with Crippen molar-refractivity contribution >= 4 is 0 Å². The maximum absolute atomic E-state index is 14.0. The molecular weight excluding hydrogens is 262 g/mol. The van der Waals surface area contributed by atoms with Gasteiger partial charge >= 0.3 is 0 Å². The SMILES string of the molecule is CCOC1CC(CC(NN)c2ccc(C)c(F)c2F)C1. The van der Waals surface area contributed by atoms with Crippen molar-refractivity contribution < 1.29 is 13.5 Å². The summed E-state index contributed by atoms with van der Waals surface area (Å²) >= 11 is 0. The molecule has 0 amide bonds. The number of hydrazine groups is 1. The fourth-order valence-corrected chi connectivity index (χ4v) is 2.79. The van der Waals surface area contributed by atoms with E-state index in [4.69, 9.17) is 10.6 Å². The number of aryl methyl sites for hydroxylation is 1. The van der Waals surface area contributed by atoms with E-state index in [9.17, 15) is 8.78 Å². The third-order valence-electron chi connectivity index (χ3n) is 4.05. The van der Waals surface area contributed by atoms with E-state index in [2.05, 4.69) is 5.43 Å². The standard InChI is InChI=1S/C15H22F2N2O/c1-3-20-11-6-10(7-11)8-13(19-18)12-5-4-9(2)14(16)15(12)17/h4-5,10-11,13,19H,3,6-8,18H2,1-2H3. The predicted molar refractivity (Wildman–Crippen MR) is 73.9 cm³/mol. The summed E-state index contributed by atoms with van der Waals surface area (Å²) in [6.45, 7) is 4.24. The molecule has 1 aliphatic rings. The number of halogens is 2. The zero-order chi connectivity index (χ0) is 14.7. The van der Waals surface area contributed by atoms with Crippen LogP contribution in [0.2, 0.25) is 0 Å². The molecule has 0 heterocycles. The van der Waals surface area contributed by atoms with Gasteiger partial charge in [-0.05, 0) is 44.6 Å². The quantitative estimate of drug-likeness (QED) is 0.623. The summed E-state index contributed by atoms with van der Waals surface area (Å²) in [5.74, 6) is 4.37. The number of nitrogens with two attached hydrogens (primary N) is 1. The third-order valence-corrected chi connectivity index (χ3v) is 4.05. The molecule has 1 aliphatic carbocycles. The Morgan fingerprint density at radius 1 is 1.35 bits per heavy atom. The molecule has 0 radical (unpaired) electrons. The van der Waals surface area contributed by atoms with Gasteiger partial charge in [0.15, 0.2) is 11.6 Å². The minimum Gasteiger partial charge on any atom is -0.378 e. The molecule has 1 atom stereocenters. The van der Waals surface area contributed by atoms with Gasteiger partial charge in [-0.3, -0.25) is 11.3 Å². The smallest absolute Gasteiger partial charge is 0.163 e. The minimum atomic E-state index is -0.798. The average Bonchev–Trinajstić information content (AvgIpc) is 2.40. The molecule has 1 unspecified atom stereocenters. The van der Waals surface area contributed by atoms with Crippen molar-refractivity contribution in [1.82, 2.24) is 5.43 Å². The van der Waals surface area contributed by atoms with Crippen LogP contribution in [-0.2, 0) is 4.74 Å². The van der Waals surface area contributed by atoms with Gasteiger partial charge in [0.1, 0.15) is 0 Å². The Kier molecular flexibility index (Phi) is 5.07. The van der Waals surface area contributed by atoms with Crippen LogP contribution in [0.5, 0.6) is 0 Å². The Hall–Kier alpha value is -1.04. The van der Waals surface area contributed by atoms with Crippen molar-refractivity contribution in [2.75, 3.05) is 6.61 Å². The largest absolute Gasteiger partial charge is 0.378 e. The Bertz CT molecular complexity index is 461. The van der Waals surface area contributed by atoms with Crippen molar-refractivity contribution in [2.24, 2.45) is 11.8 Å². The summed E-state index contributed by atoms with van der Waals surface area (Å²) in [7, 11) is 0. The molecule has 1 aromatic carbocycles. The number of nitrogens with one attached hydrogen (secondary N) is 1. The summed E-state index contributed by atoms with van der Waals surface area (Å²) in [6.07, 6.45) is 2.92. The van der Waals surface area contributed by atoms with Crippen LogP contribution in [0.25, 0.3) is 0 Å². The van der Waals surface area contributed by atoms with Gasteiger partial charge in [0, 0.05) is 18.2 Å². The predicted octanol–water partition coefficient (Wildman–Crippen LogP) is 2.98. The van der Waals surface area contributed by atoms with Crippen LogP contribution in [0.15, 0.2) is 12.1 Å². The van der Waals surface area contributed by atoms with Crippen LogP contribution >= 0.6 is 0 Å². The first-order chi connectivity index (χ1) is 9.56. The van der Waals surface area contributed by atoms with E-state index in [1.165, 1.54) is 0 Å². The zero-order valence-electron chi connectivity index (χ0n) is 12.0. The topological polar surface area (TPSA) is 47.3 Å². The van der Waals surface area contributed by atoms with E-state index < -0.39 is 11.6 Å². The van der Waals surface area contributed by atoms with Gasteiger partial charge in [-0.25, -0.2) is 8.78 Å². The lowest BCUT2D eigenvalue weighted by Crippen LogP contribution is -2.37. The van der Waals surface area contributed by atoms with E-state index >= 15 is 0 Å². The highest BCUT2D eigenvalue weighted by molar-refractivity contribution is 5.28. The number of ether oxygens (including phenoxy) is 1. The van der Waals surface area contributed by atoms with E-state index in [0.29, 0.717) is 36.2 Å². The first kappa shape index (κ1) is 15.4. The maximum Gasteiger partial charge on any atom is 0.163 e. The van der Waals surface area contributed by atoms with Gasteiger partial charge in [-0.15, -0.1) is 0 Å². The molecular formula is C15H22F2N2O. The van der Waals surface area contributed by atoms with E-state index in [0.717, 1.165) is 12.8 Å². The van der Waals surface area contributed by atoms with E-state index in [-0.39, 0.29) is 6.04 Å². The van der Waals surface area contributed by atoms with Crippen LogP contribution in [0.1, 0.15) is 43.4 Å².